The van der Waals surface area contributed by atoms with Gasteiger partial charge < -0.3 is 9.72 Å². The Bertz CT molecular complexity index is 1100. The third-order valence-electron chi connectivity index (χ3n) is 4.34. The van der Waals surface area contributed by atoms with Crippen molar-refractivity contribution >= 4 is 17.2 Å². The normalized spacial score (nSPS) is 10.7. The van der Waals surface area contributed by atoms with Gasteiger partial charge in [-0.1, -0.05) is 42.5 Å². The number of benzene rings is 1. The molecule has 5 heteroatoms. The summed E-state index contributed by atoms with van der Waals surface area (Å²) in [4.78, 5) is 29.7. The lowest BCUT2D eigenvalue weighted by Gasteiger charge is -2.07. The van der Waals surface area contributed by atoms with Gasteiger partial charge in [-0.3, -0.25) is 14.6 Å². The van der Waals surface area contributed by atoms with E-state index in [0.717, 1.165) is 16.6 Å². The molecule has 3 aromatic heterocycles. The fraction of sp³-hybridized carbons (Fsp3) is 0.0455. The molecule has 132 valence electrons. The highest BCUT2D eigenvalue weighted by molar-refractivity contribution is 6.43. The monoisotopic (exact) mass is 355 g/mol. The molecule has 1 N–H and O–H groups in total. The van der Waals surface area contributed by atoms with Crippen LogP contribution in [-0.4, -0.2) is 21.1 Å². The largest absolute Gasteiger partial charge is 0.343 e. The van der Waals surface area contributed by atoms with E-state index in [-0.39, 0.29) is 6.54 Å². The third kappa shape index (κ3) is 3.35. The minimum Gasteiger partial charge on any atom is -0.343 e. The number of rotatable bonds is 5. The molecule has 0 saturated carbocycles. The molecule has 0 aliphatic carbocycles. The van der Waals surface area contributed by atoms with Gasteiger partial charge in [0.15, 0.2) is 0 Å². The van der Waals surface area contributed by atoms with Crippen molar-refractivity contribution in [2.75, 3.05) is 0 Å². The van der Waals surface area contributed by atoms with Crippen LogP contribution in [0.4, 0.5) is 0 Å². The highest BCUT2D eigenvalue weighted by atomic mass is 16.2. The molecule has 0 fully saturated rings. The van der Waals surface area contributed by atoms with Crippen molar-refractivity contribution in [3.63, 3.8) is 0 Å². The van der Waals surface area contributed by atoms with E-state index in [9.17, 15) is 9.59 Å². The van der Waals surface area contributed by atoms with Crippen LogP contribution in [0.25, 0.3) is 16.6 Å². The average Bonchev–Trinajstić information content (AvgIpc) is 3.12. The number of ketones is 1. The summed E-state index contributed by atoms with van der Waals surface area (Å²) in [5.74, 6) is -1.22. The van der Waals surface area contributed by atoms with E-state index in [4.69, 9.17) is 0 Å². The molecule has 1 aromatic carbocycles. The second kappa shape index (κ2) is 7.25. The minimum absolute atomic E-state index is 0.204. The molecule has 1 amide bonds. The van der Waals surface area contributed by atoms with Crippen molar-refractivity contribution in [1.82, 2.24) is 14.7 Å². The van der Waals surface area contributed by atoms with Crippen LogP contribution < -0.4 is 5.32 Å². The number of carbonyl (C=O) groups is 2. The van der Waals surface area contributed by atoms with Gasteiger partial charge in [-0.2, -0.15) is 0 Å². The van der Waals surface area contributed by atoms with Gasteiger partial charge in [0.25, 0.3) is 11.7 Å². The summed E-state index contributed by atoms with van der Waals surface area (Å²) in [6.45, 7) is 0.204. The molecule has 5 nitrogen and oxygen atoms in total. The fourth-order valence-corrected chi connectivity index (χ4v) is 3.05. The number of Topliss-reactive ketones (excluding diaryl/α,β-unsaturated/α-hetero) is 1. The molecule has 0 atom stereocenters. The van der Waals surface area contributed by atoms with Crippen molar-refractivity contribution in [2.24, 2.45) is 0 Å². The number of hydrogen-bond acceptors (Lipinski definition) is 3. The number of pyridine rings is 2. The van der Waals surface area contributed by atoms with Crippen LogP contribution >= 0.6 is 0 Å². The van der Waals surface area contributed by atoms with E-state index >= 15 is 0 Å². The van der Waals surface area contributed by atoms with Crippen LogP contribution in [0.1, 0.15) is 16.2 Å². The maximum absolute atomic E-state index is 13.0. The van der Waals surface area contributed by atoms with Crippen molar-refractivity contribution in [3.8, 4) is 11.1 Å². The van der Waals surface area contributed by atoms with Crippen LogP contribution in [0.15, 0.2) is 85.2 Å². The number of carbonyl (C=O) groups excluding carboxylic acids is 2. The smallest absolute Gasteiger partial charge is 0.294 e. The third-order valence-corrected chi connectivity index (χ3v) is 4.34. The topological polar surface area (TPSA) is 63.5 Å². The summed E-state index contributed by atoms with van der Waals surface area (Å²) in [5, 5.41) is 2.67. The SMILES string of the molecule is O=C(NCc1ccccn1)C(=O)c1c(-c2ccccc2)cc2ccccn12. The van der Waals surface area contributed by atoms with E-state index in [0.29, 0.717) is 11.4 Å². The average molecular weight is 355 g/mol. The molecule has 4 aromatic rings. The standard InChI is InChI=1S/C22H17N3O2/c26-21(22(27)24-15-17-10-4-6-12-23-17)20-19(16-8-2-1-3-9-16)14-18-11-5-7-13-25(18)20/h1-14H,15H2,(H,24,27). The highest BCUT2D eigenvalue weighted by Crippen LogP contribution is 2.28. The van der Waals surface area contributed by atoms with E-state index < -0.39 is 11.7 Å². The molecular formula is C22H17N3O2. The van der Waals surface area contributed by atoms with Crippen LogP contribution in [0.5, 0.6) is 0 Å². The fourth-order valence-electron chi connectivity index (χ4n) is 3.05. The van der Waals surface area contributed by atoms with Crippen LogP contribution in [0, 0.1) is 0 Å². The first-order valence-electron chi connectivity index (χ1n) is 8.62. The maximum atomic E-state index is 13.0. The Labute approximate surface area is 156 Å². The number of amides is 1. The van der Waals surface area contributed by atoms with Crippen molar-refractivity contribution in [1.29, 1.82) is 0 Å². The summed E-state index contributed by atoms with van der Waals surface area (Å²) in [7, 11) is 0. The lowest BCUT2D eigenvalue weighted by atomic mass is 10.0. The van der Waals surface area contributed by atoms with Crippen LogP contribution in [0.2, 0.25) is 0 Å². The number of aromatic nitrogens is 2. The molecule has 0 bridgehead atoms. The van der Waals surface area contributed by atoms with Gasteiger partial charge in [-0.15, -0.1) is 0 Å². The predicted molar refractivity (Wildman–Crippen MR) is 103 cm³/mol. The summed E-state index contributed by atoms with van der Waals surface area (Å²) < 4.78 is 1.75. The minimum atomic E-state index is -0.651. The Hall–Kier alpha value is -3.73. The zero-order valence-electron chi connectivity index (χ0n) is 14.5. The van der Waals surface area contributed by atoms with Crippen molar-refractivity contribution in [3.05, 3.63) is 96.6 Å². The van der Waals surface area contributed by atoms with Gasteiger partial charge in [0.1, 0.15) is 5.69 Å². The van der Waals surface area contributed by atoms with E-state index in [1.54, 1.807) is 28.9 Å². The molecule has 0 saturated heterocycles. The molecule has 27 heavy (non-hydrogen) atoms. The molecule has 0 spiro atoms. The van der Waals surface area contributed by atoms with Crippen LogP contribution in [-0.2, 0) is 11.3 Å². The highest BCUT2D eigenvalue weighted by Gasteiger charge is 2.24. The van der Waals surface area contributed by atoms with Crippen molar-refractivity contribution in [2.45, 2.75) is 6.54 Å². The van der Waals surface area contributed by atoms with Crippen molar-refractivity contribution < 1.29 is 9.59 Å². The maximum Gasteiger partial charge on any atom is 0.294 e. The molecule has 4 rings (SSSR count). The Balaban J connectivity index is 1.69. The number of nitrogens with one attached hydrogen (secondary N) is 1. The number of hydrogen-bond donors (Lipinski definition) is 1. The first-order chi connectivity index (χ1) is 13.2. The lowest BCUT2D eigenvalue weighted by Crippen LogP contribution is -2.31. The van der Waals surface area contributed by atoms with Gasteiger partial charge in [-0.25, -0.2) is 0 Å². The molecule has 0 unspecified atom stereocenters. The number of fused-ring (bicyclic) bond motifs is 1. The van der Waals surface area contributed by atoms with Gasteiger partial charge >= 0.3 is 0 Å². The first kappa shape index (κ1) is 16.7. The second-order valence-corrected chi connectivity index (χ2v) is 6.10. The lowest BCUT2D eigenvalue weighted by molar-refractivity contribution is -0.117. The Morgan fingerprint density at radius 2 is 1.70 bits per heavy atom. The molecule has 3 heterocycles. The molecular weight excluding hydrogens is 338 g/mol. The van der Waals surface area contributed by atoms with E-state index in [2.05, 4.69) is 10.3 Å². The molecule has 0 aliphatic rings. The first-order valence-corrected chi connectivity index (χ1v) is 8.62. The predicted octanol–water partition coefficient (Wildman–Crippen LogP) is 3.50. The Morgan fingerprint density at radius 1 is 0.926 bits per heavy atom. The van der Waals surface area contributed by atoms with Gasteiger partial charge in [0.05, 0.1) is 12.2 Å². The summed E-state index contributed by atoms with van der Waals surface area (Å²) in [5.41, 5.74) is 3.54. The zero-order valence-corrected chi connectivity index (χ0v) is 14.5. The Kier molecular flexibility index (Phi) is 4.49. The van der Waals surface area contributed by atoms with E-state index in [1.807, 2.05) is 60.7 Å². The molecule has 0 aliphatic heterocycles. The summed E-state index contributed by atoms with van der Waals surface area (Å²) in [6.07, 6.45) is 3.44. The number of nitrogens with zero attached hydrogens (tertiary/aromatic N) is 2. The van der Waals surface area contributed by atoms with Gasteiger partial charge in [0, 0.05) is 23.5 Å². The molecule has 0 radical (unpaired) electrons. The van der Waals surface area contributed by atoms with Crippen LogP contribution in [0.3, 0.4) is 0 Å². The summed E-state index contributed by atoms with van der Waals surface area (Å²) >= 11 is 0. The van der Waals surface area contributed by atoms with Gasteiger partial charge in [0.2, 0.25) is 0 Å². The van der Waals surface area contributed by atoms with Gasteiger partial charge in [-0.05, 0) is 35.9 Å². The second-order valence-electron chi connectivity index (χ2n) is 6.10. The zero-order chi connectivity index (χ0) is 18.6. The summed E-state index contributed by atoms with van der Waals surface area (Å²) in [6, 6.07) is 22.6. The Morgan fingerprint density at radius 3 is 2.48 bits per heavy atom. The quantitative estimate of drug-likeness (QED) is 0.440. The van der Waals surface area contributed by atoms with E-state index in [1.165, 1.54) is 0 Å².